The van der Waals surface area contributed by atoms with Crippen LogP contribution in [-0.2, 0) is 11.3 Å². The molecule has 7 heteroatoms. The molecule has 0 saturated heterocycles. The summed E-state index contributed by atoms with van der Waals surface area (Å²) in [7, 11) is 0. The topological polar surface area (TPSA) is 73.6 Å². The van der Waals surface area contributed by atoms with Crippen molar-refractivity contribution in [3.63, 3.8) is 0 Å². The minimum atomic E-state index is -0.481. The summed E-state index contributed by atoms with van der Waals surface area (Å²) in [6, 6.07) is 3.11. The first-order valence-electron chi connectivity index (χ1n) is 6.72. The lowest BCUT2D eigenvalue weighted by atomic mass is 10.1. The number of fused-ring (bicyclic) bond motifs is 1. The van der Waals surface area contributed by atoms with Crippen molar-refractivity contribution in [2.75, 3.05) is 25.2 Å². The lowest BCUT2D eigenvalue weighted by Crippen LogP contribution is -2.40. The first-order valence-corrected chi connectivity index (χ1v) is 8.49. The Balaban J connectivity index is 1.94. The van der Waals surface area contributed by atoms with Gasteiger partial charge in [0.2, 0.25) is 5.91 Å². The Morgan fingerprint density at radius 3 is 3.00 bits per heavy atom. The molecule has 1 aromatic rings. The largest absolute Gasteiger partial charge is 0.486 e. The number of halogens is 1. The molecule has 1 aliphatic heterocycles. The van der Waals surface area contributed by atoms with Crippen LogP contribution in [0.2, 0.25) is 5.02 Å². The zero-order valence-corrected chi connectivity index (χ0v) is 13.4. The number of nitrogens with one attached hydrogen (secondary N) is 1. The highest BCUT2D eigenvalue weighted by Gasteiger charge is 2.17. The zero-order chi connectivity index (χ0) is 15.2. The molecule has 0 aromatic heterocycles. The molecule has 1 atom stereocenters. The van der Waals surface area contributed by atoms with E-state index in [-0.39, 0.29) is 5.91 Å². The molecule has 3 N–H and O–H groups in total. The third-order valence-corrected chi connectivity index (χ3v) is 4.02. The smallest absolute Gasteiger partial charge is 0.237 e. The van der Waals surface area contributed by atoms with Gasteiger partial charge in [-0.25, -0.2) is 0 Å². The Kier molecular flexibility index (Phi) is 6.02. The van der Waals surface area contributed by atoms with Crippen molar-refractivity contribution in [1.82, 2.24) is 5.32 Å². The summed E-state index contributed by atoms with van der Waals surface area (Å²) >= 11 is 7.82. The van der Waals surface area contributed by atoms with E-state index in [1.165, 1.54) is 0 Å². The van der Waals surface area contributed by atoms with Crippen LogP contribution in [0.3, 0.4) is 0 Å². The number of amides is 1. The monoisotopic (exact) mass is 330 g/mol. The van der Waals surface area contributed by atoms with Crippen molar-refractivity contribution >= 4 is 29.3 Å². The number of carbonyl (C=O) groups excluding carboxylic acids is 1. The van der Waals surface area contributed by atoms with E-state index in [0.717, 1.165) is 11.3 Å². The molecule has 0 unspecified atom stereocenters. The maximum atomic E-state index is 11.9. The number of nitrogens with two attached hydrogens (primary N) is 1. The van der Waals surface area contributed by atoms with Gasteiger partial charge in [-0.2, -0.15) is 11.8 Å². The molecule has 1 aliphatic rings. The summed E-state index contributed by atoms with van der Waals surface area (Å²) in [5.41, 5.74) is 6.67. The molecule has 0 fully saturated rings. The zero-order valence-electron chi connectivity index (χ0n) is 11.9. The van der Waals surface area contributed by atoms with E-state index in [2.05, 4.69) is 5.32 Å². The second-order valence-electron chi connectivity index (χ2n) is 4.71. The fourth-order valence-electron chi connectivity index (χ4n) is 1.96. The standard InChI is InChI=1S/C14H19ClN2O3S/c1-21-5-2-11(16)14(18)17-8-9-6-10(15)13-12(7-9)19-3-4-20-13/h6-7,11H,2-5,8,16H2,1H3,(H,17,18)/t11-/m0/s1. The first-order chi connectivity index (χ1) is 10.1. The minimum Gasteiger partial charge on any atom is -0.486 e. The van der Waals surface area contributed by atoms with Crippen LogP contribution in [0.1, 0.15) is 12.0 Å². The van der Waals surface area contributed by atoms with Crippen LogP contribution >= 0.6 is 23.4 Å². The fourth-order valence-corrected chi connectivity index (χ4v) is 2.74. The Hall–Kier alpha value is -1.11. The number of hydrogen-bond donors (Lipinski definition) is 2. The van der Waals surface area contributed by atoms with E-state index in [1.54, 1.807) is 17.8 Å². The summed E-state index contributed by atoms with van der Waals surface area (Å²) in [6.07, 6.45) is 2.65. The van der Waals surface area contributed by atoms with Crippen LogP contribution in [0.4, 0.5) is 0 Å². The quantitative estimate of drug-likeness (QED) is 0.832. The maximum Gasteiger partial charge on any atom is 0.237 e. The number of carbonyl (C=O) groups is 1. The summed E-state index contributed by atoms with van der Waals surface area (Å²) in [4.78, 5) is 11.9. The molecule has 2 rings (SSSR count). The molecule has 0 saturated carbocycles. The number of hydrogen-bond acceptors (Lipinski definition) is 5. The molecule has 21 heavy (non-hydrogen) atoms. The minimum absolute atomic E-state index is 0.157. The summed E-state index contributed by atoms with van der Waals surface area (Å²) < 4.78 is 11.0. The summed E-state index contributed by atoms with van der Waals surface area (Å²) in [5, 5.41) is 3.30. The second kappa shape index (κ2) is 7.77. The molecule has 1 amide bonds. The average Bonchev–Trinajstić information content (AvgIpc) is 2.50. The normalized spacial score (nSPS) is 14.6. The molecule has 0 aliphatic carbocycles. The van der Waals surface area contributed by atoms with Gasteiger partial charge in [-0.05, 0) is 36.1 Å². The predicted molar refractivity (Wildman–Crippen MR) is 85.3 cm³/mol. The lowest BCUT2D eigenvalue weighted by Gasteiger charge is -2.20. The van der Waals surface area contributed by atoms with Crippen molar-refractivity contribution in [2.45, 2.75) is 19.0 Å². The number of rotatable bonds is 6. The van der Waals surface area contributed by atoms with Crippen molar-refractivity contribution in [2.24, 2.45) is 5.73 Å². The van der Waals surface area contributed by atoms with Gasteiger partial charge in [0.25, 0.3) is 0 Å². The summed E-state index contributed by atoms with van der Waals surface area (Å²) in [6.45, 7) is 1.36. The third-order valence-electron chi connectivity index (χ3n) is 3.09. The van der Waals surface area contributed by atoms with Crippen molar-refractivity contribution in [1.29, 1.82) is 0 Å². The Labute approximate surface area is 133 Å². The van der Waals surface area contributed by atoms with Gasteiger partial charge in [0.15, 0.2) is 11.5 Å². The summed E-state index contributed by atoms with van der Waals surface area (Å²) in [5.74, 6) is 1.89. The van der Waals surface area contributed by atoms with Gasteiger partial charge < -0.3 is 20.5 Å². The average molecular weight is 331 g/mol. The van der Waals surface area contributed by atoms with Gasteiger partial charge in [0, 0.05) is 6.54 Å². The molecular formula is C14H19ClN2O3S. The lowest BCUT2D eigenvalue weighted by molar-refractivity contribution is -0.122. The highest BCUT2D eigenvalue weighted by atomic mass is 35.5. The molecular weight excluding hydrogens is 312 g/mol. The van der Waals surface area contributed by atoms with Gasteiger partial charge in [0.1, 0.15) is 13.2 Å². The fraction of sp³-hybridized carbons (Fsp3) is 0.500. The molecule has 0 radical (unpaired) electrons. The van der Waals surface area contributed by atoms with Crippen molar-refractivity contribution in [3.8, 4) is 11.5 Å². The molecule has 5 nitrogen and oxygen atoms in total. The van der Waals surface area contributed by atoms with Gasteiger partial charge in [-0.3, -0.25) is 4.79 Å². The number of thioether (sulfide) groups is 1. The van der Waals surface area contributed by atoms with Crippen LogP contribution in [0.25, 0.3) is 0 Å². The Morgan fingerprint density at radius 1 is 1.48 bits per heavy atom. The van der Waals surface area contributed by atoms with E-state index < -0.39 is 6.04 Å². The van der Waals surface area contributed by atoms with Crippen LogP contribution in [0.5, 0.6) is 11.5 Å². The van der Waals surface area contributed by atoms with E-state index in [0.29, 0.717) is 42.7 Å². The second-order valence-corrected chi connectivity index (χ2v) is 6.10. The van der Waals surface area contributed by atoms with Crippen molar-refractivity contribution < 1.29 is 14.3 Å². The Morgan fingerprint density at radius 2 is 2.24 bits per heavy atom. The van der Waals surface area contributed by atoms with Crippen molar-refractivity contribution in [3.05, 3.63) is 22.7 Å². The molecule has 1 heterocycles. The molecule has 116 valence electrons. The van der Waals surface area contributed by atoms with Crippen LogP contribution in [0, 0.1) is 0 Å². The molecule has 0 spiro atoms. The van der Waals surface area contributed by atoms with E-state index in [1.807, 2.05) is 12.3 Å². The van der Waals surface area contributed by atoms with Crippen LogP contribution in [-0.4, -0.2) is 37.2 Å². The van der Waals surface area contributed by atoms with E-state index in [4.69, 9.17) is 26.8 Å². The van der Waals surface area contributed by atoms with Crippen LogP contribution < -0.4 is 20.5 Å². The number of ether oxygens (including phenoxy) is 2. The maximum absolute atomic E-state index is 11.9. The van der Waals surface area contributed by atoms with E-state index >= 15 is 0 Å². The van der Waals surface area contributed by atoms with Gasteiger partial charge in [-0.15, -0.1) is 0 Å². The molecule has 0 bridgehead atoms. The number of benzene rings is 1. The SMILES string of the molecule is CSCC[C@H](N)C(=O)NCc1cc(Cl)c2c(c1)OCCO2. The predicted octanol–water partition coefficient (Wildman–Crippen LogP) is 1.81. The van der Waals surface area contributed by atoms with E-state index in [9.17, 15) is 4.79 Å². The highest BCUT2D eigenvalue weighted by Crippen LogP contribution is 2.38. The molecule has 1 aromatic carbocycles. The third kappa shape index (κ3) is 4.43. The Bertz CT molecular complexity index is 513. The van der Waals surface area contributed by atoms with Gasteiger partial charge in [0.05, 0.1) is 11.1 Å². The first kappa shape index (κ1) is 16.3. The van der Waals surface area contributed by atoms with Gasteiger partial charge >= 0.3 is 0 Å². The van der Waals surface area contributed by atoms with Gasteiger partial charge in [-0.1, -0.05) is 11.6 Å². The highest BCUT2D eigenvalue weighted by molar-refractivity contribution is 7.98. The van der Waals surface area contributed by atoms with Crippen LogP contribution in [0.15, 0.2) is 12.1 Å².